The molecule has 6 heteroatoms. The third-order valence-corrected chi connectivity index (χ3v) is 4.48. The first-order valence-corrected chi connectivity index (χ1v) is 8.46. The summed E-state index contributed by atoms with van der Waals surface area (Å²) in [7, 11) is 1.56. The molecule has 1 heterocycles. The molecular weight excluding hydrogens is 354 g/mol. The van der Waals surface area contributed by atoms with Crippen LogP contribution in [0.3, 0.4) is 0 Å². The molecular formula is C20H18ClNO4. The number of methoxy groups -OCH3 is 1. The molecule has 0 amide bonds. The molecule has 0 saturated carbocycles. The number of Topliss-reactive ketones (excluding diaryl/α,β-unsaturated/α-hetero) is 1. The van der Waals surface area contributed by atoms with Crippen molar-refractivity contribution in [2.45, 2.75) is 6.42 Å². The third kappa shape index (κ3) is 3.73. The van der Waals surface area contributed by atoms with Gasteiger partial charge in [-0.05, 0) is 35.9 Å². The zero-order chi connectivity index (χ0) is 18.7. The molecule has 26 heavy (non-hydrogen) atoms. The van der Waals surface area contributed by atoms with Crippen LogP contribution in [0.1, 0.15) is 15.9 Å². The van der Waals surface area contributed by atoms with Crippen molar-refractivity contribution in [2.24, 2.45) is 0 Å². The number of ether oxygens (including phenoxy) is 2. The minimum atomic E-state index is -0.330. The predicted octanol–water partition coefficient (Wildman–Crippen LogP) is 3.69. The van der Waals surface area contributed by atoms with Crippen LogP contribution in [0.5, 0.6) is 11.5 Å². The number of carbonyl (C=O) groups is 2. The van der Waals surface area contributed by atoms with E-state index in [2.05, 4.69) is 6.58 Å². The second-order valence-corrected chi connectivity index (χ2v) is 6.29. The molecule has 5 nitrogen and oxygen atoms in total. The highest BCUT2D eigenvalue weighted by Crippen LogP contribution is 2.33. The van der Waals surface area contributed by atoms with E-state index in [1.165, 1.54) is 0 Å². The Kier molecular flexibility index (Phi) is 5.28. The van der Waals surface area contributed by atoms with Crippen LogP contribution in [0, 0.1) is 0 Å². The topological polar surface area (TPSA) is 55.8 Å². The number of benzene rings is 2. The Morgan fingerprint density at radius 1 is 1.35 bits per heavy atom. The fourth-order valence-electron chi connectivity index (χ4n) is 2.81. The summed E-state index contributed by atoms with van der Waals surface area (Å²) in [6.45, 7) is 4.32. The molecule has 134 valence electrons. The molecule has 0 spiro atoms. The number of anilines is 1. The van der Waals surface area contributed by atoms with Gasteiger partial charge in [-0.1, -0.05) is 23.7 Å². The lowest BCUT2D eigenvalue weighted by Crippen LogP contribution is -2.36. The number of rotatable bonds is 6. The summed E-state index contributed by atoms with van der Waals surface area (Å²) in [5, 5.41) is 0.484. The molecule has 0 aromatic heterocycles. The van der Waals surface area contributed by atoms with Gasteiger partial charge in [0.25, 0.3) is 0 Å². The van der Waals surface area contributed by atoms with Gasteiger partial charge >= 0.3 is 5.97 Å². The van der Waals surface area contributed by atoms with Crippen LogP contribution in [0.2, 0.25) is 5.02 Å². The average molecular weight is 372 g/mol. The van der Waals surface area contributed by atoms with Crippen molar-refractivity contribution in [3.8, 4) is 11.5 Å². The van der Waals surface area contributed by atoms with Gasteiger partial charge in [0.2, 0.25) is 0 Å². The largest absolute Gasteiger partial charge is 0.497 e. The quantitative estimate of drug-likeness (QED) is 0.335. The summed E-state index contributed by atoms with van der Waals surface area (Å²) >= 11 is 6.23. The Morgan fingerprint density at radius 2 is 2.15 bits per heavy atom. The average Bonchev–Trinajstić information content (AvgIpc) is 2.63. The van der Waals surface area contributed by atoms with Gasteiger partial charge in [0, 0.05) is 23.6 Å². The van der Waals surface area contributed by atoms with E-state index in [9.17, 15) is 9.59 Å². The van der Waals surface area contributed by atoms with Crippen molar-refractivity contribution in [1.29, 1.82) is 0 Å². The van der Waals surface area contributed by atoms with Crippen LogP contribution in [0.25, 0.3) is 0 Å². The summed E-state index contributed by atoms with van der Waals surface area (Å²) in [5.41, 5.74) is 1.96. The minimum absolute atomic E-state index is 0.0738. The van der Waals surface area contributed by atoms with E-state index >= 15 is 0 Å². The monoisotopic (exact) mass is 371 g/mol. The van der Waals surface area contributed by atoms with Crippen molar-refractivity contribution >= 4 is 29.0 Å². The van der Waals surface area contributed by atoms with Gasteiger partial charge in [-0.3, -0.25) is 4.79 Å². The number of hydrogen-bond acceptors (Lipinski definition) is 5. The molecule has 0 N–H and O–H groups in total. The van der Waals surface area contributed by atoms with Crippen LogP contribution in [0.15, 0.2) is 49.1 Å². The van der Waals surface area contributed by atoms with Crippen LogP contribution in [0.4, 0.5) is 5.69 Å². The Morgan fingerprint density at radius 3 is 2.85 bits per heavy atom. The number of esters is 1. The zero-order valence-corrected chi connectivity index (χ0v) is 15.1. The maximum atomic E-state index is 12.7. The molecule has 0 fully saturated rings. The summed E-state index contributed by atoms with van der Waals surface area (Å²) in [4.78, 5) is 26.2. The normalized spacial score (nSPS) is 13.0. The maximum Gasteiger partial charge on any atom is 0.331 e. The number of ketones is 1. The van der Waals surface area contributed by atoms with E-state index in [1.54, 1.807) is 49.6 Å². The maximum absolute atomic E-state index is 12.7. The minimum Gasteiger partial charge on any atom is -0.497 e. The van der Waals surface area contributed by atoms with Crippen LogP contribution in [-0.2, 0) is 11.2 Å². The van der Waals surface area contributed by atoms with Gasteiger partial charge in [0.1, 0.15) is 12.3 Å². The summed E-state index contributed by atoms with van der Waals surface area (Å²) in [5.74, 6) is 0.683. The van der Waals surface area contributed by atoms with Crippen LogP contribution >= 0.6 is 11.6 Å². The van der Waals surface area contributed by atoms with Gasteiger partial charge in [-0.2, -0.15) is 0 Å². The summed E-state index contributed by atoms with van der Waals surface area (Å²) in [6.07, 6.45) is 1.87. The second-order valence-electron chi connectivity index (χ2n) is 5.88. The molecule has 0 atom stereocenters. The first kappa shape index (κ1) is 18.0. The van der Waals surface area contributed by atoms with E-state index in [0.717, 1.165) is 5.56 Å². The molecule has 0 saturated heterocycles. The Labute approximate surface area is 156 Å². The third-order valence-electron chi connectivity index (χ3n) is 4.13. The fraction of sp³-hybridized carbons (Fsp3) is 0.200. The zero-order valence-electron chi connectivity index (χ0n) is 14.3. The molecule has 3 rings (SSSR count). The highest BCUT2D eigenvalue weighted by Gasteiger charge is 2.24. The number of carbonyl (C=O) groups excluding carboxylic acids is 2. The van der Waals surface area contributed by atoms with E-state index in [0.29, 0.717) is 34.3 Å². The molecule has 2 aromatic rings. The molecule has 1 aliphatic heterocycles. The van der Waals surface area contributed by atoms with Gasteiger partial charge in [0.15, 0.2) is 11.5 Å². The lowest BCUT2D eigenvalue weighted by Gasteiger charge is -2.29. The first-order valence-electron chi connectivity index (χ1n) is 8.08. The van der Waals surface area contributed by atoms with Crippen LogP contribution in [-0.4, -0.2) is 32.0 Å². The highest BCUT2D eigenvalue weighted by atomic mass is 35.5. The van der Waals surface area contributed by atoms with Crippen molar-refractivity contribution in [3.05, 3.63) is 65.2 Å². The van der Waals surface area contributed by atoms with Gasteiger partial charge in [-0.25, -0.2) is 4.79 Å². The second kappa shape index (κ2) is 7.62. The number of fused-ring (bicyclic) bond motifs is 1. The van der Waals surface area contributed by atoms with Gasteiger partial charge in [-0.15, -0.1) is 6.58 Å². The Bertz CT molecular complexity index is 878. The van der Waals surface area contributed by atoms with E-state index in [-0.39, 0.29) is 24.7 Å². The predicted molar refractivity (Wildman–Crippen MR) is 101 cm³/mol. The Balaban J connectivity index is 1.85. The smallest absolute Gasteiger partial charge is 0.331 e. The summed E-state index contributed by atoms with van der Waals surface area (Å²) < 4.78 is 10.4. The van der Waals surface area contributed by atoms with Gasteiger partial charge in [0.05, 0.1) is 12.8 Å². The molecule has 1 aliphatic rings. The van der Waals surface area contributed by atoms with E-state index in [4.69, 9.17) is 21.1 Å². The molecule has 0 aliphatic carbocycles. The van der Waals surface area contributed by atoms with Crippen molar-refractivity contribution in [2.75, 3.05) is 25.1 Å². The molecule has 0 radical (unpaired) electrons. The highest BCUT2D eigenvalue weighted by molar-refractivity contribution is 6.31. The van der Waals surface area contributed by atoms with E-state index in [1.807, 2.05) is 4.90 Å². The number of nitrogens with zero attached hydrogens (tertiary/aromatic N) is 1. The van der Waals surface area contributed by atoms with Gasteiger partial charge < -0.3 is 14.4 Å². The summed E-state index contributed by atoms with van der Waals surface area (Å²) in [6, 6.07) is 10.3. The molecule has 0 bridgehead atoms. The number of halogens is 1. The SMILES string of the molecule is C=CCN1CC(=O)Oc2ccc(C(=O)Cc3ccc(OC)cc3Cl)cc21. The lowest BCUT2D eigenvalue weighted by molar-refractivity contribution is -0.133. The van der Waals surface area contributed by atoms with Crippen LogP contribution < -0.4 is 14.4 Å². The van der Waals surface area contributed by atoms with Crippen molar-refractivity contribution < 1.29 is 19.1 Å². The van der Waals surface area contributed by atoms with Crippen molar-refractivity contribution in [3.63, 3.8) is 0 Å². The van der Waals surface area contributed by atoms with Crippen molar-refractivity contribution in [1.82, 2.24) is 0 Å². The molecule has 2 aromatic carbocycles. The van der Waals surface area contributed by atoms with E-state index < -0.39 is 0 Å². The standard InChI is InChI=1S/C20H18ClNO4/c1-3-8-22-12-20(24)26-19-7-5-14(9-17(19)22)18(23)10-13-4-6-15(25-2)11-16(13)21/h3-7,9,11H,1,8,10,12H2,2H3. The Hall–Kier alpha value is -2.79. The fourth-order valence-corrected chi connectivity index (χ4v) is 3.05. The lowest BCUT2D eigenvalue weighted by atomic mass is 10.0. The first-order chi connectivity index (χ1) is 12.5. The molecule has 0 unspecified atom stereocenters. The number of hydrogen-bond donors (Lipinski definition) is 0.